The van der Waals surface area contributed by atoms with Crippen LogP contribution >= 0.6 is 0 Å². The molecule has 0 aliphatic rings. The fourth-order valence-corrected chi connectivity index (χ4v) is 1.19. The number of aromatic nitrogens is 1. The molecule has 0 fully saturated rings. The summed E-state index contributed by atoms with van der Waals surface area (Å²) < 4.78 is 0. The smallest absolute Gasteiger partial charge is 0.354 e. The van der Waals surface area contributed by atoms with Crippen LogP contribution in [0.2, 0.25) is 0 Å². The third-order valence-electron chi connectivity index (χ3n) is 1.82. The monoisotopic (exact) mass is 223 g/mol. The van der Waals surface area contributed by atoms with E-state index in [9.17, 15) is 9.59 Å². The zero-order valence-electron chi connectivity index (χ0n) is 8.83. The van der Waals surface area contributed by atoms with Crippen molar-refractivity contribution in [2.75, 3.05) is 11.9 Å². The molecule has 0 spiro atoms. The van der Waals surface area contributed by atoms with Crippen LogP contribution in [0.3, 0.4) is 0 Å². The van der Waals surface area contributed by atoms with E-state index in [1.807, 2.05) is 0 Å². The Labute approximate surface area is 92.4 Å². The van der Waals surface area contributed by atoms with Gasteiger partial charge in [0.15, 0.2) is 0 Å². The van der Waals surface area contributed by atoms with Gasteiger partial charge in [-0.25, -0.2) is 9.59 Å². The average molecular weight is 223 g/mol. The van der Waals surface area contributed by atoms with E-state index in [1.54, 1.807) is 13.0 Å². The lowest BCUT2D eigenvalue weighted by Gasteiger charge is -2.04. The summed E-state index contributed by atoms with van der Waals surface area (Å²) in [5.41, 5.74) is 0.870. The predicted molar refractivity (Wildman–Crippen MR) is 59.7 cm³/mol. The average Bonchev–Trinajstić information content (AvgIpc) is 2.56. The summed E-state index contributed by atoms with van der Waals surface area (Å²) >= 11 is 0. The van der Waals surface area contributed by atoms with Crippen molar-refractivity contribution in [3.63, 3.8) is 0 Å². The van der Waals surface area contributed by atoms with Crippen molar-refractivity contribution in [1.29, 1.82) is 0 Å². The van der Waals surface area contributed by atoms with Crippen LogP contribution in [-0.2, 0) is 0 Å². The van der Waals surface area contributed by atoms with Gasteiger partial charge >= 0.3 is 12.0 Å². The Hall–Kier alpha value is -2.24. The van der Waals surface area contributed by atoms with Crippen LogP contribution in [0.15, 0.2) is 18.7 Å². The van der Waals surface area contributed by atoms with Gasteiger partial charge in [-0.3, -0.25) is 0 Å². The minimum Gasteiger partial charge on any atom is -0.477 e. The Balaban J connectivity index is 2.76. The zero-order chi connectivity index (χ0) is 12.1. The van der Waals surface area contributed by atoms with E-state index in [4.69, 9.17) is 5.11 Å². The molecule has 4 N–H and O–H groups in total. The van der Waals surface area contributed by atoms with E-state index >= 15 is 0 Å². The lowest BCUT2D eigenvalue weighted by atomic mass is 10.3. The van der Waals surface area contributed by atoms with Crippen molar-refractivity contribution in [2.24, 2.45) is 0 Å². The van der Waals surface area contributed by atoms with Gasteiger partial charge in [-0.15, -0.1) is 6.58 Å². The minimum atomic E-state index is -1.12. The maximum atomic E-state index is 11.3. The first-order valence-electron chi connectivity index (χ1n) is 4.63. The summed E-state index contributed by atoms with van der Waals surface area (Å²) in [5.74, 6) is -1.12. The molecule has 1 rings (SSSR count). The standard InChI is InChI=1S/C10H13N3O3/c1-3-4-11-10(16)13-7-5-6(2)12-8(7)9(14)15/h3,5,12H,1,4H2,2H3,(H,14,15)(H2,11,13,16). The second-order valence-electron chi connectivity index (χ2n) is 3.17. The zero-order valence-corrected chi connectivity index (χ0v) is 8.83. The van der Waals surface area contributed by atoms with Crippen molar-refractivity contribution in [3.8, 4) is 0 Å². The second kappa shape index (κ2) is 5.01. The Morgan fingerprint density at radius 2 is 2.31 bits per heavy atom. The maximum Gasteiger partial charge on any atom is 0.354 e. The summed E-state index contributed by atoms with van der Waals surface area (Å²) in [6.07, 6.45) is 1.53. The highest BCUT2D eigenvalue weighted by molar-refractivity contribution is 5.99. The maximum absolute atomic E-state index is 11.3. The van der Waals surface area contributed by atoms with Crippen LogP contribution in [0, 0.1) is 6.92 Å². The number of aromatic carboxylic acids is 1. The molecule has 0 radical (unpaired) electrons. The fourth-order valence-electron chi connectivity index (χ4n) is 1.19. The van der Waals surface area contributed by atoms with Gasteiger partial charge in [0.2, 0.25) is 0 Å². The van der Waals surface area contributed by atoms with E-state index < -0.39 is 12.0 Å². The summed E-state index contributed by atoms with van der Waals surface area (Å²) in [6.45, 7) is 5.47. The fraction of sp³-hybridized carbons (Fsp3) is 0.200. The molecule has 2 amide bonds. The number of urea groups is 1. The predicted octanol–water partition coefficient (Wildman–Crippen LogP) is 1.33. The van der Waals surface area contributed by atoms with Crippen molar-refractivity contribution in [3.05, 3.63) is 30.1 Å². The van der Waals surface area contributed by atoms with Gasteiger partial charge in [0.1, 0.15) is 5.69 Å². The van der Waals surface area contributed by atoms with Gasteiger partial charge < -0.3 is 20.7 Å². The molecule has 0 aromatic carbocycles. The number of aryl methyl sites for hydroxylation is 1. The molecule has 0 saturated heterocycles. The molecule has 6 heteroatoms. The number of hydrogen-bond acceptors (Lipinski definition) is 2. The van der Waals surface area contributed by atoms with Gasteiger partial charge in [0.05, 0.1) is 5.69 Å². The lowest BCUT2D eigenvalue weighted by Crippen LogP contribution is -2.29. The third-order valence-corrected chi connectivity index (χ3v) is 1.82. The molecule has 16 heavy (non-hydrogen) atoms. The van der Waals surface area contributed by atoms with Crippen LogP contribution in [0.5, 0.6) is 0 Å². The Morgan fingerprint density at radius 1 is 1.62 bits per heavy atom. The molecule has 0 saturated carbocycles. The Morgan fingerprint density at radius 3 is 2.88 bits per heavy atom. The number of carboxylic acids is 1. The largest absolute Gasteiger partial charge is 0.477 e. The quantitative estimate of drug-likeness (QED) is 0.580. The van der Waals surface area contributed by atoms with E-state index in [0.29, 0.717) is 12.2 Å². The number of carboxylic acid groups (broad SMARTS) is 1. The minimum absolute atomic E-state index is 0.0359. The van der Waals surface area contributed by atoms with Crippen LogP contribution in [-0.4, -0.2) is 28.6 Å². The molecular formula is C10H13N3O3. The van der Waals surface area contributed by atoms with E-state index in [1.165, 1.54) is 6.08 Å². The second-order valence-corrected chi connectivity index (χ2v) is 3.17. The summed E-state index contributed by atoms with van der Waals surface area (Å²) in [7, 11) is 0. The molecule has 0 aliphatic heterocycles. The van der Waals surface area contributed by atoms with Crippen molar-refractivity contribution in [1.82, 2.24) is 10.3 Å². The van der Waals surface area contributed by atoms with Crippen molar-refractivity contribution >= 4 is 17.7 Å². The Kier molecular flexibility index (Phi) is 3.71. The van der Waals surface area contributed by atoms with Crippen molar-refractivity contribution < 1.29 is 14.7 Å². The van der Waals surface area contributed by atoms with Gasteiger partial charge in [-0.2, -0.15) is 0 Å². The number of anilines is 1. The SMILES string of the molecule is C=CCNC(=O)Nc1cc(C)[nH]c1C(=O)O. The third kappa shape index (κ3) is 2.88. The van der Waals surface area contributed by atoms with Crippen LogP contribution < -0.4 is 10.6 Å². The molecule has 0 bridgehead atoms. The highest BCUT2D eigenvalue weighted by Gasteiger charge is 2.14. The number of carbonyl (C=O) groups is 2. The topological polar surface area (TPSA) is 94.2 Å². The van der Waals surface area contributed by atoms with Gasteiger partial charge in [-0.05, 0) is 13.0 Å². The molecular weight excluding hydrogens is 210 g/mol. The molecule has 0 atom stereocenters. The highest BCUT2D eigenvalue weighted by Crippen LogP contribution is 2.16. The van der Waals surface area contributed by atoms with Gasteiger partial charge in [0, 0.05) is 12.2 Å². The van der Waals surface area contributed by atoms with E-state index in [0.717, 1.165) is 0 Å². The molecule has 0 aliphatic carbocycles. The van der Waals surface area contributed by atoms with E-state index in [2.05, 4.69) is 22.2 Å². The number of carbonyl (C=O) groups excluding carboxylic acids is 1. The first-order chi connectivity index (χ1) is 7.54. The first-order valence-corrected chi connectivity index (χ1v) is 4.63. The van der Waals surface area contributed by atoms with Crippen LogP contribution in [0.25, 0.3) is 0 Å². The summed E-state index contributed by atoms with van der Waals surface area (Å²) in [5, 5.41) is 13.8. The summed E-state index contributed by atoms with van der Waals surface area (Å²) in [4.78, 5) is 24.7. The number of H-pyrrole nitrogens is 1. The molecule has 1 aromatic rings. The highest BCUT2D eigenvalue weighted by atomic mass is 16.4. The number of amides is 2. The molecule has 0 unspecified atom stereocenters. The molecule has 1 aromatic heterocycles. The van der Waals surface area contributed by atoms with Gasteiger partial charge in [-0.1, -0.05) is 6.08 Å². The lowest BCUT2D eigenvalue weighted by molar-refractivity contribution is 0.0692. The number of aromatic amines is 1. The van der Waals surface area contributed by atoms with Crippen LogP contribution in [0.1, 0.15) is 16.2 Å². The molecule has 86 valence electrons. The van der Waals surface area contributed by atoms with Gasteiger partial charge in [0.25, 0.3) is 0 Å². The van der Waals surface area contributed by atoms with Crippen LogP contribution in [0.4, 0.5) is 10.5 Å². The Bertz CT molecular complexity index is 423. The number of rotatable bonds is 4. The molecule has 1 heterocycles. The van der Waals surface area contributed by atoms with E-state index in [-0.39, 0.29) is 11.4 Å². The first kappa shape index (κ1) is 11.8. The van der Waals surface area contributed by atoms with Crippen molar-refractivity contribution in [2.45, 2.75) is 6.92 Å². The molecule has 6 nitrogen and oxygen atoms in total. The normalized spacial score (nSPS) is 9.56. The number of nitrogens with one attached hydrogen (secondary N) is 3. The summed E-state index contributed by atoms with van der Waals surface area (Å²) in [6, 6.07) is 1.08. The number of hydrogen-bond donors (Lipinski definition) is 4.